The van der Waals surface area contributed by atoms with Gasteiger partial charge >= 0.3 is 23.5 Å². The van der Waals surface area contributed by atoms with E-state index in [1.54, 1.807) is 0 Å². The molecular formula is C25H28F4N4O7. The minimum atomic E-state index is -3.64. The number of carbonyl (C=O) groups excluding carboxylic acids is 2. The number of aryl methyl sites for hydroxylation is 1. The Morgan fingerprint density at radius 3 is 2.30 bits per heavy atom. The zero-order valence-corrected chi connectivity index (χ0v) is 21.8. The van der Waals surface area contributed by atoms with Crippen LogP contribution in [-0.4, -0.2) is 62.1 Å². The van der Waals surface area contributed by atoms with Gasteiger partial charge in [-0.15, -0.1) is 0 Å². The van der Waals surface area contributed by atoms with Crippen molar-refractivity contribution in [2.24, 2.45) is 5.73 Å². The van der Waals surface area contributed by atoms with Crippen molar-refractivity contribution in [2.45, 2.75) is 49.9 Å². The Hall–Kier alpha value is -3.40. The molecule has 218 valence electrons. The summed E-state index contributed by atoms with van der Waals surface area (Å²) in [6.45, 7) is 1.56. The number of rotatable bonds is 9. The van der Waals surface area contributed by atoms with E-state index in [9.17, 15) is 9.59 Å². The third kappa shape index (κ3) is 5.21. The van der Waals surface area contributed by atoms with Crippen molar-refractivity contribution in [1.29, 1.82) is 0 Å². The molecule has 1 aromatic carbocycles. The van der Waals surface area contributed by atoms with Crippen LogP contribution in [0.4, 0.5) is 23.4 Å². The summed E-state index contributed by atoms with van der Waals surface area (Å²) in [4.78, 5) is 33.2. The molecule has 2 saturated heterocycles. The summed E-state index contributed by atoms with van der Waals surface area (Å²) in [5.74, 6) is -8.69. The van der Waals surface area contributed by atoms with Gasteiger partial charge in [-0.3, -0.25) is 0 Å². The normalized spacial score (nSPS) is 18.9. The number of nitrogens with one attached hydrogen (secondary N) is 1. The topological polar surface area (TPSA) is 144 Å². The van der Waals surface area contributed by atoms with Crippen LogP contribution in [0.5, 0.6) is 0 Å². The van der Waals surface area contributed by atoms with Gasteiger partial charge in [0.05, 0.1) is 38.6 Å². The highest BCUT2D eigenvalue weighted by Crippen LogP contribution is 2.42. The van der Waals surface area contributed by atoms with E-state index < -0.39 is 59.2 Å². The van der Waals surface area contributed by atoms with Crippen molar-refractivity contribution >= 4 is 17.8 Å². The smallest absolute Gasteiger partial charge is 0.362 e. The highest BCUT2D eigenvalue weighted by Gasteiger charge is 2.56. The highest BCUT2D eigenvalue weighted by molar-refractivity contribution is 6.04. The summed E-state index contributed by atoms with van der Waals surface area (Å²) in [6.07, 6.45) is -3.95. The Balaban J connectivity index is 1.80. The number of halogens is 4. The van der Waals surface area contributed by atoms with Crippen LogP contribution in [0.1, 0.15) is 53.5 Å². The Morgan fingerprint density at radius 1 is 1.07 bits per heavy atom. The lowest BCUT2D eigenvalue weighted by atomic mass is 9.95. The number of nitrogens with zero attached hydrogens (tertiary/aromatic N) is 2. The van der Waals surface area contributed by atoms with Gasteiger partial charge in [-0.1, -0.05) is 12.1 Å². The van der Waals surface area contributed by atoms with E-state index in [0.717, 1.165) is 20.3 Å². The first kappa shape index (κ1) is 29.6. The molecule has 0 bridgehead atoms. The molecule has 40 heavy (non-hydrogen) atoms. The molecule has 2 atom stereocenters. The third-order valence-electron chi connectivity index (χ3n) is 6.52. The minimum absolute atomic E-state index is 0.0498. The Labute approximate surface area is 226 Å². The maximum atomic E-state index is 16.3. The molecule has 0 aliphatic carbocycles. The molecule has 0 unspecified atom stereocenters. The SMILES string of the molecule is COC(=O)C(F)(C(=O)OC)c1nc(C)nc(N[C@H](N)c2cccc(C(F)(F)[C@@H]3CCCO3)c2F)c1C1OCCO1. The summed E-state index contributed by atoms with van der Waals surface area (Å²) in [6, 6.07) is 3.33. The van der Waals surface area contributed by atoms with E-state index >= 15 is 17.6 Å². The Kier molecular flexibility index (Phi) is 8.58. The molecular weight excluding hydrogens is 544 g/mol. The van der Waals surface area contributed by atoms with Gasteiger partial charge in [0, 0.05) is 12.2 Å². The molecule has 2 fully saturated rings. The van der Waals surface area contributed by atoms with E-state index in [0.29, 0.717) is 6.42 Å². The number of hydrogen-bond donors (Lipinski definition) is 2. The number of aromatic nitrogens is 2. The lowest BCUT2D eigenvalue weighted by Gasteiger charge is -2.27. The number of methoxy groups -OCH3 is 2. The standard InChI is InChI=1S/C25H28F4N4O7/c1-12-31-18(24(27,22(34)36-2)23(35)37-3)16(21-39-10-11-40-21)20(32-12)33-19(30)13-6-4-7-14(17(13)26)25(28,29)15-8-5-9-38-15/h4,6-7,15,19,21H,5,8-11,30H2,1-3H3,(H,31,32,33)/t15-,19-/m0/s1. The first-order chi connectivity index (χ1) is 19.0. The van der Waals surface area contributed by atoms with Gasteiger partial charge in [0.1, 0.15) is 35.4 Å². The van der Waals surface area contributed by atoms with E-state index in [1.807, 2.05) is 0 Å². The fourth-order valence-electron chi connectivity index (χ4n) is 4.57. The fourth-order valence-corrected chi connectivity index (χ4v) is 4.57. The summed E-state index contributed by atoms with van der Waals surface area (Å²) in [5, 5.41) is 2.64. The molecule has 2 aromatic rings. The van der Waals surface area contributed by atoms with Crippen molar-refractivity contribution in [1.82, 2.24) is 9.97 Å². The van der Waals surface area contributed by atoms with Crippen molar-refractivity contribution in [3.05, 3.63) is 52.2 Å². The fraction of sp³-hybridized carbons (Fsp3) is 0.520. The summed E-state index contributed by atoms with van der Waals surface area (Å²) < 4.78 is 87.1. The van der Waals surface area contributed by atoms with Crippen LogP contribution in [-0.2, 0) is 44.9 Å². The number of esters is 2. The van der Waals surface area contributed by atoms with Crippen LogP contribution < -0.4 is 11.1 Å². The van der Waals surface area contributed by atoms with Gasteiger partial charge in [0.15, 0.2) is 6.29 Å². The van der Waals surface area contributed by atoms with E-state index in [4.69, 9.17) is 19.9 Å². The first-order valence-electron chi connectivity index (χ1n) is 12.2. The molecule has 2 aliphatic rings. The number of anilines is 1. The number of alkyl halides is 3. The zero-order chi connectivity index (χ0) is 29.2. The van der Waals surface area contributed by atoms with Crippen molar-refractivity contribution in [3.63, 3.8) is 0 Å². The molecule has 2 aliphatic heterocycles. The quantitative estimate of drug-likeness (QED) is 0.198. The van der Waals surface area contributed by atoms with Crippen molar-refractivity contribution in [2.75, 3.05) is 39.4 Å². The maximum Gasteiger partial charge on any atom is 0.362 e. The lowest BCUT2D eigenvalue weighted by molar-refractivity contribution is -0.173. The van der Waals surface area contributed by atoms with Crippen LogP contribution in [0, 0.1) is 12.7 Å². The van der Waals surface area contributed by atoms with Gasteiger partial charge < -0.3 is 34.7 Å². The predicted molar refractivity (Wildman–Crippen MR) is 128 cm³/mol. The summed E-state index contributed by atoms with van der Waals surface area (Å²) >= 11 is 0. The molecule has 3 heterocycles. The molecule has 0 radical (unpaired) electrons. The average Bonchev–Trinajstić information content (AvgIpc) is 3.66. The maximum absolute atomic E-state index is 16.3. The monoisotopic (exact) mass is 572 g/mol. The van der Waals surface area contributed by atoms with Crippen LogP contribution >= 0.6 is 0 Å². The van der Waals surface area contributed by atoms with Crippen molar-refractivity contribution in [3.8, 4) is 0 Å². The molecule has 0 spiro atoms. The second-order valence-electron chi connectivity index (χ2n) is 9.05. The van der Waals surface area contributed by atoms with Crippen LogP contribution in [0.3, 0.4) is 0 Å². The predicted octanol–water partition coefficient (Wildman–Crippen LogP) is 2.82. The largest absolute Gasteiger partial charge is 0.466 e. The molecule has 11 nitrogen and oxygen atoms in total. The molecule has 15 heteroatoms. The lowest BCUT2D eigenvalue weighted by Crippen LogP contribution is -2.44. The van der Waals surface area contributed by atoms with Gasteiger partial charge in [-0.05, 0) is 25.8 Å². The highest BCUT2D eigenvalue weighted by atomic mass is 19.3. The zero-order valence-electron chi connectivity index (χ0n) is 21.8. The first-order valence-corrected chi connectivity index (χ1v) is 12.2. The Morgan fingerprint density at radius 2 is 1.73 bits per heavy atom. The Bertz CT molecular complexity index is 1250. The van der Waals surface area contributed by atoms with E-state index in [-0.39, 0.29) is 49.0 Å². The van der Waals surface area contributed by atoms with Gasteiger partial charge in [0.2, 0.25) is 0 Å². The van der Waals surface area contributed by atoms with Gasteiger partial charge in [0.25, 0.3) is 0 Å². The number of ether oxygens (including phenoxy) is 5. The second kappa shape index (κ2) is 11.6. The molecule has 4 rings (SSSR count). The number of nitrogens with two attached hydrogens (primary N) is 1. The second-order valence-corrected chi connectivity index (χ2v) is 9.05. The number of carbonyl (C=O) groups is 2. The third-order valence-corrected chi connectivity index (χ3v) is 6.52. The average molecular weight is 573 g/mol. The van der Waals surface area contributed by atoms with E-state index in [1.165, 1.54) is 19.1 Å². The molecule has 1 aromatic heterocycles. The van der Waals surface area contributed by atoms with E-state index in [2.05, 4.69) is 24.8 Å². The molecule has 0 saturated carbocycles. The summed E-state index contributed by atoms with van der Waals surface area (Å²) in [7, 11) is 1.71. The molecule has 0 amide bonds. The van der Waals surface area contributed by atoms with Crippen molar-refractivity contribution < 1.29 is 50.8 Å². The van der Waals surface area contributed by atoms with Crippen LogP contribution in [0.15, 0.2) is 18.2 Å². The summed E-state index contributed by atoms with van der Waals surface area (Å²) in [5.41, 5.74) is 0.144. The van der Waals surface area contributed by atoms with Crippen LogP contribution in [0.2, 0.25) is 0 Å². The number of benzene rings is 1. The van der Waals surface area contributed by atoms with Crippen LogP contribution in [0.25, 0.3) is 0 Å². The van der Waals surface area contributed by atoms with Gasteiger partial charge in [-0.25, -0.2) is 28.3 Å². The molecule has 3 N–H and O–H groups in total. The number of hydrogen-bond acceptors (Lipinski definition) is 11. The van der Waals surface area contributed by atoms with Gasteiger partial charge in [-0.2, -0.15) is 8.78 Å². The minimum Gasteiger partial charge on any atom is -0.466 e.